The summed E-state index contributed by atoms with van der Waals surface area (Å²) in [6.45, 7) is 5.48. The molecule has 1 aromatic carbocycles. The van der Waals surface area contributed by atoms with Crippen molar-refractivity contribution in [2.75, 3.05) is 13.1 Å². The Kier molecular flexibility index (Phi) is 7.67. The SMILES string of the molecule is CCN1C[C@H](C)N(C(=O)NC(C(=O)C[C@H]2Cc3cccc(C)c3OB2O)c2ncc(O)cc2F)C(=O)C1=O. The van der Waals surface area contributed by atoms with Crippen LogP contribution in [0.15, 0.2) is 30.5 Å². The van der Waals surface area contributed by atoms with Crippen LogP contribution in [-0.4, -0.2) is 74.8 Å². The molecule has 0 aliphatic carbocycles. The van der Waals surface area contributed by atoms with Gasteiger partial charge in [-0.2, -0.15) is 0 Å². The number of aromatic hydroxyl groups is 1. The Labute approximate surface area is 218 Å². The van der Waals surface area contributed by atoms with Gasteiger partial charge in [0.1, 0.15) is 23.2 Å². The first kappa shape index (κ1) is 27.1. The molecule has 2 aliphatic heterocycles. The number of carbonyl (C=O) groups is 4. The monoisotopic (exact) mass is 526 g/mol. The molecule has 0 spiro atoms. The van der Waals surface area contributed by atoms with Crippen LogP contribution in [-0.2, 0) is 20.8 Å². The molecule has 200 valence electrons. The molecular weight excluding hydrogens is 498 g/mol. The third-order valence-corrected chi connectivity index (χ3v) is 6.81. The van der Waals surface area contributed by atoms with Crippen LogP contribution in [0.1, 0.15) is 43.1 Å². The van der Waals surface area contributed by atoms with E-state index in [0.29, 0.717) is 17.1 Å². The van der Waals surface area contributed by atoms with Gasteiger partial charge in [0.15, 0.2) is 11.6 Å². The van der Waals surface area contributed by atoms with E-state index in [1.54, 1.807) is 13.8 Å². The third-order valence-electron chi connectivity index (χ3n) is 6.81. The fraction of sp³-hybridized carbons (Fsp3) is 0.400. The van der Waals surface area contributed by atoms with Crippen molar-refractivity contribution in [1.82, 2.24) is 20.1 Å². The molecule has 0 saturated carbocycles. The Hall–Kier alpha value is -4.00. The normalized spacial score (nSPS) is 20.1. The Balaban J connectivity index is 1.60. The number of piperazine rings is 1. The molecule has 38 heavy (non-hydrogen) atoms. The Bertz CT molecular complexity index is 1290. The number of halogens is 1. The van der Waals surface area contributed by atoms with Gasteiger partial charge in [-0.05, 0) is 38.3 Å². The second-order valence-corrected chi connectivity index (χ2v) is 9.52. The summed E-state index contributed by atoms with van der Waals surface area (Å²) in [5, 5.41) is 22.5. The van der Waals surface area contributed by atoms with Gasteiger partial charge in [-0.1, -0.05) is 18.2 Å². The molecule has 1 unspecified atom stereocenters. The van der Waals surface area contributed by atoms with Crippen molar-refractivity contribution in [3.63, 3.8) is 0 Å². The van der Waals surface area contributed by atoms with Gasteiger partial charge in [-0.25, -0.2) is 9.18 Å². The molecule has 3 atom stereocenters. The molecule has 11 nitrogen and oxygen atoms in total. The number of Topliss-reactive ketones (excluding diaryl/α,β-unsaturated/α-hetero) is 1. The van der Waals surface area contributed by atoms with Crippen LogP contribution in [0.3, 0.4) is 0 Å². The molecule has 4 amide bonds. The summed E-state index contributed by atoms with van der Waals surface area (Å²) in [6, 6.07) is 2.76. The van der Waals surface area contributed by atoms with Crippen LogP contribution >= 0.6 is 0 Å². The van der Waals surface area contributed by atoms with Crippen LogP contribution < -0.4 is 9.97 Å². The number of para-hydroxylation sites is 1. The first-order valence-corrected chi connectivity index (χ1v) is 12.2. The van der Waals surface area contributed by atoms with E-state index >= 15 is 0 Å². The molecule has 0 radical (unpaired) electrons. The molecule has 13 heteroatoms. The van der Waals surface area contributed by atoms with Crippen LogP contribution in [0.2, 0.25) is 5.82 Å². The molecule has 4 rings (SSSR count). The van der Waals surface area contributed by atoms with Crippen molar-refractivity contribution < 1.29 is 38.4 Å². The van der Waals surface area contributed by atoms with E-state index in [2.05, 4.69) is 10.3 Å². The zero-order valence-electron chi connectivity index (χ0n) is 21.2. The number of urea groups is 1. The van der Waals surface area contributed by atoms with Gasteiger partial charge in [0.25, 0.3) is 0 Å². The molecular formula is C25H28BFN4O7. The number of nitrogens with one attached hydrogen (secondary N) is 1. The number of hydrogen-bond acceptors (Lipinski definition) is 8. The van der Waals surface area contributed by atoms with E-state index in [1.807, 2.05) is 25.1 Å². The van der Waals surface area contributed by atoms with E-state index in [0.717, 1.165) is 23.4 Å². The summed E-state index contributed by atoms with van der Waals surface area (Å²) < 4.78 is 20.5. The van der Waals surface area contributed by atoms with Crippen molar-refractivity contribution in [2.45, 2.75) is 51.5 Å². The summed E-state index contributed by atoms with van der Waals surface area (Å²) in [6.07, 6.45) is 0.881. The predicted octanol–water partition coefficient (Wildman–Crippen LogP) is 1.51. The Morgan fingerprint density at radius 1 is 1.32 bits per heavy atom. The first-order valence-electron chi connectivity index (χ1n) is 12.2. The van der Waals surface area contributed by atoms with Crippen molar-refractivity contribution >= 4 is 30.7 Å². The molecule has 0 bridgehead atoms. The summed E-state index contributed by atoms with van der Waals surface area (Å²) in [5.41, 5.74) is 1.12. The average Bonchev–Trinajstić information content (AvgIpc) is 2.86. The van der Waals surface area contributed by atoms with Gasteiger partial charge in [-0.15, -0.1) is 0 Å². The zero-order chi connectivity index (χ0) is 27.7. The minimum Gasteiger partial charge on any atom is -0.536 e. The van der Waals surface area contributed by atoms with Crippen molar-refractivity contribution in [3.8, 4) is 11.5 Å². The number of aromatic nitrogens is 1. The van der Waals surface area contributed by atoms with Crippen LogP contribution in [0.4, 0.5) is 9.18 Å². The lowest BCUT2D eigenvalue weighted by atomic mass is 9.64. The number of amides is 4. The second-order valence-electron chi connectivity index (χ2n) is 9.52. The number of imide groups is 1. The Morgan fingerprint density at radius 2 is 2.05 bits per heavy atom. The lowest BCUT2D eigenvalue weighted by Crippen LogP contribution is -2.62. The van der Waals surface area contributed by atoms with E-state index in [4.69, 9.17) is 4.65 Å². The molecule has 2 aromatic rings. The van der Waals surface area contributed by atoms with Crippen LogP contribution in [0, 0.1) is 12.7 Å². The quantitative estimate of drug-likeness (QED) is 0.379. The van der Waals surface area contributed by atoms with Crippen molar-refractivity contribution in [3.05, 3.63) is 53.1 Å². The molecule has 1 aromatic heterocycles. The highest BCUT2D eigenvalue weighted by Gasteiger charge is 2.43. The fourth-order valence-corrected chi connectivity index (χ4v) is 4.82. The van der Waals surface area contributed by atoms with Gasteiger partial charge in [0.2, 0.25) is 0 Å². The maximum absolute atomic E-state index is 14.8. The lowest BCUT2D eigenvalue weighted by molar-refractivity contribution is -0.155. The van der Waals surface area contributed by atoms with E-state index < -0.39 is 65.9 Å². The highest BCUT2D eigenvalue weighted by molar-refractivity contribution is 6.46. The molecule has 3 heterocycles. The number of ketones is 1. The summed E-state index contributed by atoms with van der Waals surface area (Å²) >= 11 is 0. The number of benzene rings is 1. The minimum atomic E-state index is -1.67. The maximum atomic E-state index is 14.8. The topological polar surface area (TPSA) is 149 Å². The molecule has 2 aliphatic rings. The zero-order valence-corrected chi connectivity index (χ0v) is 21.2. The highest BCUT2D eigenvalue weighted by Crippen LogP contribution is 2.37. The number of rotatable bonds is 6. The Morgan fingerprint density at radius 3 is 2.74 bits per heavy atom. The lowest BCUT2D eigenvalue weighted by Gasteiger charge is -2.37. The van der Waals surface area contributed by atoms with Crippen molar-refractivity contribution in [2.24, 2.45) is 0 Å². The standard InChI is InChI=1S/C25H28BFN4O7/c1-4-30-12-14(3)31(24(35)23(30)34)25(36)29-21(20-18(27)10-17(32)11-28-20)19(33)9-16-8-15-7-5-6-13(2)22(15)38-26(16)37/h5-7,10-11,14,16,21,32,37H,4,8-9,12H2,1-3H3,(H,29,36)/t14-,16+,21?/m0/s1. The maximum Gasteiger partial charge on any atom is 0.526 e. The number of fused-ring (bicyclic) bond motifs is 1. The first-order chi connectivity index (χ1) is 18.0. The third kappa shape index (κ3) is 5.19. The number of pyridine rings is 1. The van der Waals surface area contributed by atoms with Gasteiger partial charge in [0.05, 0.1) is 12.2 Å². The second kappa shape index (κ2) is 10.8. The summed E-state index contributed by atoms with van der Waals surface area (Å²) in [4.78, 5) is 57.5. The van der Waals surface area contributed by atoms with Crippen molar-refractivity contribution in [1.29, 1.82) is 0 Å². The van der Waals surface area contributed by atoms with Gasteiger partial charge >= 0.3 is 25.0 Å². The predicted molar refractivity (Wildman–Crippen MR) is 133 cm³/mol. The largest absolute Gasteiger partial charge is 0.536 e. The average molecular weight is 526 g/mol. The van der Waals surface area contributed by atoms with Gasteiger partial charge in [-0.3, -0.25) is 24.3 Å². The number of nitrogens with zero attached hydrogens (tertiary/aromatic N) is 3. The van der Waals surface area contributed by atoms with E-state index in [1.165, 1.54) is 4.90 Å². The number of likely N-dealkylation sites (N-methyl/N-ethyl adjacent to an activating group) is 1. The molecule has 1 fully saturated rings. The fourth-order valence-electron chi connectivity index (χ4n) is 4.82. The summed E-state index contributed by atoms with van der Waals surface area (Å²) in [7, 11) is -1.33. The number of hydrogen-bond donors (Lipinski definition) is 3. The van der Waals surface area contributed by atoms with E-state index in [9.17, 15) is 33.7 Å². The summed E-state index contributed by atoms with van der Waals surface area (Å²) in [5.74, 6) is -4.38. The molecule has 1 saturated heterocycles. The molecule has 3 N–H and O–H groups in total. The highest BCUT2D eigenvalue weighted by atomic mass is 19.1. The van der Waals surface area contributed by atoms with Gasteiger partial charge < -0.3 is 25.0 Å². The van der Waals surface area contributed by atoms with Crippen LogP contribution in [0.25, 0.3) is 0 Å². The number of aryl methyl sites for hydroxylation is 1. The smallest absolute Gasteiger partial charge is 0.526 e. The number of carbonyl (C=O) groups excluding carboxylic acids is 4. The minimum absolute atomic E-state index is 0.101. The van der Waals surface area contributed by atoms with Gasteiger partial charge in [0, 0.05) is 31.4 Å². The van der Waals surface area contributed by atoms with Crippen LogP contribution in [0.5, 0.6) is 11.5 Å². The van der Waals surface area contributed by atoms with E-state index in [-0.39, 0.29) is 19.5 Å².